The lowest BCUT2D eigenvalue weighted by atomic mass is 10.2. The number of aryl methyl sites for hydroxylation is 1. The molecule has 9 heteroatoms. The van der Waals surface area contributed by atoms with Crippen LogP contribution in [0, 0.1) is 0 Å². The number of benzene rings is 2. The second-order valence-corrected chi connectivity index (χ2v) is 9.26. The van der Waals surface area contributed by atoms with Gasteiger partial charge >= 0.3 is 4.87 Å². The smallest absolute Gasteiger partial charge is 0.308 e. The number of sulfonamides is 1. The van der Waals surface area contributed by atoms with Crippen molar-refractivity contribution in [3.8, 4) is 11.5 Å². The quantitative estimate of drug-likeness (QED) is 0.662. The maximum atomic E-state index is 12.7. The highest BCUT2D eigenvalue weighted by molar-refractivity contribution is 7.89. The van der Waals surface area contributed by atoms with Crippen LogP contribution in [0.3, 0.4) is 0 Å². The standard InChI is InChI=1S/C19H20N2O5S2/c1-2-9-21-15-8-7-14(10-18(15)27-19(21)22)28(23,24)20-11-13-12-25-16-5-3-4-6-17(16)26-13/h3-8,10,13,20H,2,9,11-12H2,1H3/t13-/m1/s1. The summed E-state index contributed by atoms with van der Waals surface area (Å²) in [6.07, 6.45) is 0.412. The molecule has 4 rings (SSSR count). The van der Waals surface area contributed by atoms with E-state index < -0.39 is 16.1 Å². The largest absolute Gasteiger partial charge is 0.486 e. The van der Waals surface area contributed by atoms with E-state index in [2.05, 4.69) is 4.72 Å². The zero-order chi connectivity index (χ0) is 19.7. The molecule has 28 heavy (non-hydrogen) atoms. The summed E-state index contributed by atoms with van der Waals surface area (Å²) in [6.45, 7) is 2.96. The lowest BCUT2D eigenvalue weighted by Gasteiger charge is -2.26. The van der Waals surface area contributed by atoms with E-state index in [9.17, 15) is 13.2 Å². The molecule has 1 aromatic heterocycles. The first-order valence-corrected chi connectivity index (χ1v) is 11.3. The maximum Gasteiger partial charge on any atom is 0.308 e. The van der Waals surface area contributed by atoms with Crippen LogP contribution in [0.4, 0.5) is 0 Å². The SMILES string of the molecule is CCCn1c(=O)sc2cc(S(=O)(=O)NC[C@@H]3COc4ccccc4O3)ccc21. The van der Waals surface area contributed by atoms with Crippen LogP contribution in [-0.2, 0) is 16.6 Å². The topological polar surface area (TPSA) is 86.6 Å². The van der Waals surface area contributed by atoms with Gasteiger partial charge in [0.1, 0.15) is 12.7 Å². The molecule has 1 atom stereocenters. The highest BCUT2D eigenvalue weighted by atomic mass is 32.2. The van der Waals surface area contributed by atoms with Gasteiger partial charge in [-0.05, 0) is 36.8 Å². The van der Waals surface area contributed by atoms with E-state index in [4.69, 9.17) is 9.47 Å². The molecule has 2 heterocycles. The molecule has 0 amide bonds. The zero-order valence-corrected chi connectivity index (χ0v) is 16.9. The predicted octanol–water partition coefficient (Wildman–Crippen LogP) is 2.59. The Morgan fingerprint density at radius 2 is 2.00 bits per heavy atom. The molecule has 0 unspecified atom stereocenters. The van der Waals surface area contributed by atoms with Crippen LogP contribution >= 0.6 is 11.3 Å². The number of nitrogens with one attached hydrogen (secondary N) is 1. The van der Waals surface area contributed by atoms with Gasteiger partial charge in [-0.15, -0.1) is 0 Å². The molecule has 1 N–H and O–H groups in total. The van der Waals surface area contributed by atoms with Crippen molar-refractivity contribution in [3.05, 3.63) is 52.1 Å². The molecule has 0 spiro atoms. The lowest BCUT2D eigenvalue weighted by molar-refractivity contribution is 0.0943. The van der Waals surface area contributed by atoms with E-state index in [1.165, 1.54) is 6.07 Å². The molecular weight excluding hydrogens is 400 g/mol. The molecule has 7 nitrogen and oxygen atoms in total. The first kappa shape index (κ1) is 19.0. The van der Waals surface area contributed by atoms with Gasteiger partial charge in [-0.2, -0.15) is 0 Å². The van der Waals surface area contributed by atoms with Gasteiger partial charge < -0.3 is 9.47 Å². The minimum atomic E-state index is -3.73. The van der Waals surface area contributed by atoms with Crippen LogP contribution in [-0.4, -0.2) is 32.2 Å². The average molecular weight is 421 g/mol. The lowest BCUT2D eigenvalue weighted by Crippen LogP contribution is -2.40. The van der Waals surface area contributed by atoms with Crippen molar-refractivity contribution in [2.45, 2.75) is 30.9 Å². The first-order valence-electron chi connectivity index (χ1n) is 8.99. The van der Waals surface area contributed by atoms with Gasteiger partial charge in [-0.25, -0.2) is 13.1 Å². The Kier molecular flexibility index (Phi) is 5.13. The Morgan fingerprint density at radius 1 is 1.21 bits per heavy atom. The maximum absolute atomic E-state index is 12.7. The van der Waals surface area contributed by atoms with E-state index in [0.717, 1.165) is 23.3 Å². The number of aromatic nitrogens is 1. The molecule has 0 bridgehead atoms. The first-order chi connectivity index (χ1) is 13.5. The third-order valence-electron chi connectivity index (χ3n) is 4.47. The molecule has 2 aromatic carbocycles. The van der Waals surface area contributed by atoms with Crippen LogP contribution in [0.25, 0.3) is 10.2 Å². The van der Waals surface area contributed by atoms with E-state index in [0.29, 0.717) is 22.7 Å². The third kappa shape index (κ3) is 3.65. The predicted molar refractivity (Wildman–Crippen MR) is 108 cm³/mol. The van der Waals surface area contributed by atoms with Crippen LogP contribution < -0.4 is 19.1 Å². The second-order valence-electron chi connectivity index (χ2n) is 6.50. The molecule has 1 aliphatic heterocycles. The van der Waals surface area contributed by atoms with Crippen LogP contribution in [0.2, 0.25) is 0 Å². The average Bonchev–Trinajstić information content (AvgIpc) is 3.01. The minimum absolute atomic E-state index is 0.0780. The summed E-state index contributed by atoms with van der Waals surface area (Å²) in [5.74, 6) is 1.25. The molecule has 3 aromatic rings. The van der Waals surface area contributed by atoms with Crippen LogP contribution in [0.15, 0.2) is 52.2 Å². The van der Waals surface area contributed by atoms with Gasteiger partial charge in [0, 0.05) is 6.54 Å². The number of hydrogen-bond acceptors (Lipinski definition) is 6. The Bertz CT molecular complexity index is 1170. The van der Waals surface area contributed by atoms with Crippen molar-refractivity contribution in [2.24, 2.45) is 0 Å². The van der Waals surface area contributed by atoms with Gasteiger partial charge in [0.15, 0.2) is 11.5 Å². The summed E-state index contributed by atoms with van der Waals surface area (Å²) >= 11 is 1.06. The molecule has 0 saturated heterocycles. The van der Waals surface area contributed by atoms with Crippen molar-refractivity contribution in [3.63, 3.8) is 0 Å². The molecule has 0 radical (unpaired) electrons. The van der Waals surface area contributed by atoms with Gasteiger partial charge in [0.25, 0.3) is 0 Å². The van der Waals surface area contributed by atoms with E-state index >= 15 is 0 Å². The fraction of sp³-hybridized carbons (Fsp3) is 0.316. The summed E-state index contributed by atoms with van der Waals surface area (Å²) in [6, 6.07) is 12.0. The number of hydrogen-bond donors (Lipinski definition) is 1. The summed E-state index contributed by atoms with van der Waals surface area (Å²) < 4.78 is 41.7. The van der Waals surface area contributed by atoms with Gasteiger partial charge in [0.05, 0.1) is 21.7 Å². The molecule has 148 valence electrons. The molecule has 0 saturated carbocycles. The Morgan fingerprint density at radius 3 is 2.79 bits per heavy atom. The number of thiazole rings is 1. The monoisotopic (exact) mass is 420 g/mol. The summed E-state index contributed by atoms with van der Waals surface area (Å²) in [5.41, 5.74) is 0.761. The number of para-hydroxylation sites is 2. The van der Waals surface area contributed by atoms with E-state index in [-0.39, 0.29) is 22.9 Å². The summed E-state index contributed by atoms with van der Waals surface area (Å²) in [4.78, 5) is 12.2. The normalized spacial score (nSPS) is 16.4. The number of fused-ring (bicyclic) bond motifs is 2. The van der Waals surface area contributed by atoms with Crippen molar-refractivity contribution < 1.29 is 17.9 Å². The summed E-state index contributed by atoms with van der Waals surface area (Å²) in [5, 5.41) is 0. The molecule has 1 aliphatic rings. The Balaban J connectivity index is 1.50. The van der Waals surface area contributed by atoms with Crippen molar-refractivity contribution >= 4 is 31.6 Å². The number of ether oxygens (including phenoxy) is 2. The highest BCUT2D eigenvalue weighted by Crippen LogP contribution is 2.30. The van der Waals surface area contributed by atoms with Gasteiger partial charge in [-0.1, -0.05) is 30.4 Å². The third-order valence-corrected chi connectivity index (χ3v) is 6.83. The van der Waals surface area contributed by atoms with Gasteiger partial charge in [0.2, 0.25) is 10.0 Å². The fourth-order valence-corrected chi connectivity index (χ4v) is 5.22. The van der Waals surface area contributed by atoms with E-state index in [1.54, 1.807) is 28.8 Å². The molecule has 0 aliphatic carbocycles. The Hall–Kier alpha value is -2.36. The minimum Gasteiger partial charge on any atom is -0.486 e. The van der Waals surface area contributed by atoms with Crippen molar-refractivity contribution in [2.75, 3.05) is 13.2 Å². The molecular formula is C19H20N2O5S2. The van der Waals surface area contributed by atoms with Crippen molar-refractivity contribution in [1.29, 1.82) is 0 Å². The van der Waals surface area contributed by atoms with Crippen molar-refractivity contribution in [1.82, 2.24) is 9.29 Å². The Labute approximate surface area is 166 Å². The molecule has 0 fully saturated rings. The van der Waals surface area contributed by atoms with E-state index in [1.807, 2.05) is 19.1 Å². The highest BCUT2D eigenvalue weighted by Gasteiger charge is 2.24. The fourth-order valence-electron chi connectivity index (χ4n) is 3.10. The summed E-state index contributed by atoms with van der Waals surface area (Å²) in [7, 11) is -3.73. The van der Waals surface area contributed by atoms with Gasteiger partial charge in [-0.3, -0.25) is 9.36 Å². The number of rotatable bonds is 6. The van der Waals surface area contributed by atoms with Crippen LogP contribution in [0.1, 0.15) is 13.3 Å². The second kappa shape index (κ2) is 7.57. The number of nitrogens with zero attached hydrogens (tertiary/aromatic N) is 1. The zero-order valence-electron chi connectivity index (χ0n) is 15.3. The van der Waals surface area contributed by atoms with Crippen LogP contribution in [0.5, 0.6) is 11.5 Å².